The molecule has 0 radical (unpaired) electrons. The quantitative estimate of drug-likeness (QED) is 0.0410. The maximum absolute atomic E-state index is 12.4. The van der Waals surface area contributed by atoms with Crippen molar-refractivity contribution in [1.29, 1.82) is 0 Å². The van der Waals surface area contributed by atoms with Gasteiger partial charge in [0.15, 0.2) is 0 Å². The van der Waals surface area contributed by atoms with Gasteiger partial charge in [-0.25, -0.2) is 0 Å². The van der Waals surface area contributed by atoms with Crippen LogP contribution in [0, 0.1) is 0 Å². The summed E-state index contributed by atoms with van der Waals surface area (Å²) in [6.45, 7) is 4.48. The first-order chi connectivity index (χ1) is 20.3. The van der Waals surface area contributed by atoms with E-state index in [0.717, 1.165) is 57.8 Å². The highest BCUT2D eigenvalue weighted by atomic mass is 32.2. The predicted octanol–water partition coefficient (Wildman–Crippen LogP) is 9.62. The standard InChI is InChI=1S/C35H67NO5S/c1-3-5-7-9-11-13-15-16-17-18-19-21-23-25-27-29-31-35(38)36-33(32-42(39,40)41)34(37)30-28-26-24-22-20-14-12-10-8-6-4-2/h17-18,28,30,33-34,37H,3-16,19-27,29,31-32H2,1-2H3,(H,36,38)(H,39,40,41)/b18-17-,30-28+. The summed E-state index contributed by atoms with van der Waals surface area (Å²) < 4.78 is 32.3. The third kappa shape index (κ3) is 30.3. The van der Waals surface area contributed by atoms with Crippen molar-refractivity contribution in [3.8, 4) is 0 Å². The van der Waals surface area contributed by atoms with Gasteiger partial charge in [0.2, 0.25) is 5.91 Å². The fourth-order valence-corrected chi connectivity index (χ4v) is 5.94. The molecule has 248 valence electrons. The number of aliphatic hydroxyl groups is 1. The van der Waals surface area contributed by atoms with Crippen molar-refractivity contribution in [3.63, 3.8) is 0 Å². The summed E-state index contributed by atoms with van der Waals surface area (Å²) >= 11 is 0. The molecule has 3 N–H and O–H groups in total. The molecule has 0 saturated heterocycles. The highest BCUT2D eigenvalue weighted by molar-refractivity contribution is 7.85. The van der Waals surface area contributed by atoms with Crippen LogP contribution in [0.15, 0.2) is 24.3 Å². The van der Waals surface area contributed by atoms with E-state index >= 15 is 0 Å². The lowest BCUT2D eigenvalue weighted by Gasteiger charge is -2.21. The summed E-state index contributed by atoms with van der Waals surface area (Å²) in [7, 11) is -4.33. The van der Waals surface area contributed by atoms with Crippen LogP contribution in [0.4, 0.5) is 0 Å². The molecule has 0 fully saturated rings. The Hall–Kier alpha value is -1.18. The number of carbonyl (C=O) groups is 1. The van der Waals surface area contributed by atoms with Gasteiger partial charge in [0.25, 0.3) is 10.1 Å². The van der Waals surface area contributed by atoms with Crippen molar-refractivity contribution in [2.24, 2.45) is 0 Å². The molecule has 7 heteroatoms. The SMILES string of the molecule is CCCCCCCCC/C=C\CCCCCCCC(=O)NC(CS(=O)(=O)O)C(O)/C=C/CCCCCCCCCCC. The average molecular weight is 614 g/mol. The number of unbranched alkanes of at least 4 members (excludes halogenated alkanes) is 21. The minimum absolute atomic E-state index is 0.287. The summed E-state index contributed by atoms with van der Waals surface area (Å²) in [4.78, 5) is 12.4. The molecular weight excluding hydrogens is 546 g/mol. The first-order valence-electron chi connectivity index (χ1n) is 17.5. The number of allylic oxidation sites excluding steroid dienone is 3. The lowest BCUT2D eigenvalue weighted by atomic mass is 10.1. The molecule has 2 atom stereocenters. The van der Waals surface area contributed by atoms with E-state index in [1.165, 1.54) is 96.3 Å². The monoisotopic (exact) mass is 613 g/mol. The van der Waals surface area contributed by atoms with Crippen LogP contribution >= 0.6 is 0 Å². The van der Waals surface area contributed by atoms with Gasteiger partial charge in [-0.15, -0.1) is 0 Å². The van der Waals surface area contributed by atoms with Crippen molar-refractivity contribution in [3.05, 3.63) is 24.3 Å². The summed E-state index contributed by atoms with van der Waals surface area (Å²) in [5, 5.41) is 13.1. The van der Waals surface area contributed by atoms with E-state index in [-0.39, 0.29) is 12.3 Å². The minimum atomic E-state index is -4.33. The Kier molecular flexibility index (Phi) is 29.0. The predicted molar refractivity (Wildman–Crippen MR) is 179 cm³/mol. The molecule has 0 aliphatic carbocycles. The van der Waals surface area contributed by atoms with E-state index in [4.69, 9.17) is 0 Å². The zero-order valence-corrected chi connectivity index (χ0v) is 28.2. The van der Waals surface area contributed by atoms with E-state index in [9.17, 15) is 22.9 Å². The third-order valence-electron chi connectivity index (χ3n) is 7.87. The summed E-state index contributed by atoms with van der Waals surface area (Å²) in [5.41, 5.74) is 0. The minimum Gasteiger partial charge on any atom is -0.387 e. The van der Waals surface area contributed by atoms with Gasteiger partial charge in [-0.3, -0.25) is 9.35 Å². The zero-order chi connectivity index (χ0) is 31.2. The molecule has 0 aromatic carbocycles. The highest BCUT2D eigenvalue weighted by Crippen LogP contribution is 2.13. The van der Waals surface area contributed by atoms with Gasteiger partial charge in [0.1, 0.15) is 0 Å². The van der Waals surface area contributed by atoms with Crippen LogP contribution in [-0.4, -0.2) is 41.9 Å². The highest BCUT2D eigenvalue weighted by Gasteiger charge is 2.24. The fraction of sp³-hybridized carbons (Fsp3) is 0.857. The van der Waals surface area contributed by atoms with Crippen molar-refractivity contribution in [2.75, 3.05) is 5.75 Å². The lowest BCUT2D eigenvalue weighted by Crippen LogP contribution is -2.46. The topological polar surface area (TPSA) is 104 Å². The van der Waals surface area contributed by atoms with Crippen LogP contribution in [0.1, 0.15) is 174 Å². The molecule has 6 nitrogen and oxygen atoms in total. The number of carbonyl (C=O) groups excluding carboxylic acids is 1. The molecule has 0 aromatic heterocycles. The number of amides is 1. The Bertz CT molecular complexity index is 765. The molecule has 2 unspecified atom stereocenters. The second-order valence-corrected chi connectivity index (χ2v) is 13.6. The van der Waals surface area contributed by atoms with Gasteiger partial charge in [0.05, 0.1) is 17.9 Å². The molecule has 0 heterocycles. The second kappa shape index (κ2) is 29.9. The van der Waals surface area contributed by atoms with E-state index < -0.39 is 28.0 Å². The van der Waals surface area contributed by atoms with Crippen LogP contribution in [0.3, 0.4) is 0 Å². The fourth-order valence-electron chi connectivity index (χ4n) is 5.21. The summed E-state index contributed by atoms with van der Waals surface area (Å²) in [6.07, 6.45) is 35.9. The molecule has 0 bridgehead atoms. The normalized spacial score (nSPS) is 13.7. The number of hydrogen-bond donors (Lipinski definition) is 3. The molecule has 0 aliphatic rings. The van der Waals surface area contributed by atoms with Crippen LogP contribution in [0.25, 0.3) is 0 Å². The van der Waals surface area contributed by atoms with Gasteiger partial charge in [-0.2, -0.15) is 8.42 Å². The summed E-state index contributed by atoms with van der Waals surface area (Å²) in [6, 6.07) is -1.06. The number of aliphatic hydroxyl groups excluding tert-OH is 1. The van der Waals surface area contributed by atoms with Gasteiger partial charge in [-0.05, 0) is 44.9 Å². The molecule has 1 amide bonds. The van der Waals surface area contributed by atoms with E-state index in [1.54, 1.807) is 6.08 Å². The van der Waals surface area contributed by atoms with Crippen LogP contribution in [-0.2, 0) is 14.9 Å². The Morgan fingerprint density at radius 3 is 1.43 bits per heavy atom. The molecule has 0 aromatic rings. The van der Waals surface area contributed by atoms with Crippen molar-refractivity contribution in [1.82, 2.24) is 5.32 Å². The number of rotatable bonds is 31. The van der Waals surface area contributed by atoms with Crippen LogP contribution < -0.4 is 5.32 Å². The zero-order valence-electron chi connectivity index (χ0n) is 27.4. The molecule has 0 aliphatic heterocycles. The Morgan fingerprint density at radius 2 is 1.00 bits per heavy atom. The van der Waals surface area contributed by atoms with Crippen LogP contribution in [0.2, 0.25) is 0 Å². The Labute approximate surface area is 260 Å². The average Bonchev–Trinajstić information content (AvgIpc) is 2.94. The maximum Gasteiger partial charge on any atom is 0.267 e. The molecule has 42 heavy (non-hydrogen) atoms. The van der Waals surface area contributed by atoms with Gasteiger partial charge < -0.3 is 10.4 Å². The number of hydrogen-bond acceptors (Lipinski definition) is 4. The van der Waals surface area contributed by atoms with Crippen molar-refractivity contribution < 1.29 is 22.9 Å². The van der Waals surface area contributed by atoms with E-state index in [2.05, 4.69) is 31.3 Å². The van der Waals surface area contributed by atoms with Crippen LogP contribution in [0.5, 0.6) is 0 Å². The third-order valence-corrected chi connectivity index (χ3v) is 8.65. The van der Waals surface area contributed by atoms with Crippen molar-refractivity contribution >= 4 is 16.0 Å². The van der Waals surface area contributed by atoms with Gasteiger partial charge >= 0.3 is 0 Å². The van der Waals surface area contributed by atoms with E-state index in [1.807, 2.05) is 6.08 Å². The maximum atomic E-state index is 12.4. The molecular formula is C35H67NO5S. The Balaban J connectivity index is 4.01. The Morgan fingerprint density at radius 1 is 0.619 bits per heavy atom. The van der Waals surface area contributed by atoms with Gasteiger partial charge in [0, 0.05) is 6.42 Å². The lowest BCUT2D eigenvalue weighted by molar-refractivity contribution is -0.122. The first kappa shape index (κ1) is 40.8. The largest absolute Gasteiger partial charge is 0.387 e. The smallest absolute Gasteiger partial charge is 0.267 e. The molecule has 0 saturated carbocycles. The molecule has 0 rings (SSSR count). The summed E-state index contributed by atoms with van der Waals surface area (Å²) in [5.74, 6) is -0.988. The van der Waals surface area contributed by atoms with Gasteiger partial charge in [-0.1, -0.05) is 147 Å². The van der Waals surface area contributed by atoms with Crippen molar-refractivity contribution in [2.45, 2.75) is 187 Å². The molecule has 0 spiro atoms. The number of nitrogens with one attached hydrogen (secondary N) is 1. The first-order valence-corrected chi connectivity index (χ1v) is 19.1. The second-order valence-electron chi connectivity index (χ2n) is 12.1. The van der Waals surface area contributed by atoms with E-state index in [0.29, 0.717) is 0 Å².